The third-order valence-electron chi connectivity index (χ3n) is 4.50. The highest BCUT2D eigenvalue weighted by Gasteiger charge is 2.28. The predicted molar refractivity (Wildman–Crippen MR) is 110 cm³/mol. The van der Waals surface area contributed by atoms with Crippen LogP contribution in [0.2, 0.25) is 5.02 Å². The van der Waals surface area contributed by atoms with Crippen molar-refractivity contribution in [3.8, 4) is 0 Å². The van der Waals surface area contributed by atoms with E-state index in [9.17, 15) is 21.6 Å². The van der Waals surface area contributed by atoms with Gasteiger partial charge in [0.2, 0.25) is 10.0 Å². The first-order chi connectivity index (χ1) is 14.0. The van der Waals surface area contributed by atoms with Crippen LogP contribution in [0.3, 0.4) is 0 Å². The van der Waals surface area contributed by atoms with E-state index < -0.39 is 30.9 Å². The van der Waals surface area contributed by atoms with Crippen LogP contribution in [-0.4, -0.2) is 58.5 Å². The van der Waals surface area contributed by atoms with E-state index in [4.69, 9.17) is 21.4 Å². The number of rotatable bonds is 6. The van der Waals surface area contributed by atoms with E-state index in [1.54, 1.807) is 6.92 Å². The quantitative estimate of drug-likeness (QED) is 0.656. The van der Waals surface area contributed by atoms with Gasteiger partial charge >= 0.3 is 5.97 Å². The van der Waals surface area contributed by atoms with Crippen LogP contribution in [0.15, 0.2) is 46.2 Å². The van der Waals surface area contributed by atoms with E-state index >= 15 is 0 Å². The maximum Gasteiger partial charge on any atom is 0.335 e. The van der Waals surface area contributed by atoms with Gasteiger partial charge in [0.1, 0.15) is 4.90 Å². The molecule has 2 N–H and O–H groups in total. The molecule has 1 fully saturated rings. The number of nitrogens with zero attached hydrogens (tertiary/aromatic N) is 1. The average molecular weight is 475 g/mol. The molecule has 0 unspecified atom stereocenters. The zero-order chi connectivity index (χ0) is 22.1. The molecule has 12 heteroatoms. The van der Waals surface area contributed by atoms with Crippen LogP contribution in [0.1, 0.15) is 15.9 Å². The lowest BCUT2D eigenvalue weighted by Gasteiger charge is -2.27. The molecule has 2 aromatic rings. The van der Waals surface area contributed by atoms with Gasteiger partial charge in [0.25, 0.3) is 10.0 Å². The first kappa shape index (κ1) is 22.5. The van der Waals surface area contributed by atoms with Crippen LogP contribution in [0.4, 0.5) is 5.69 Å². The number of hydrogen-bond acceptors (Lipinski definition) is 6. The molecule has 1 aliphatic rings. The zero-order valence-corrected chi connectivity index (χ0v) is 18.2. The van der Waals surface area contributed by atoms with E-state index in [0.29, 0.717) is 5.56 Å². The smallest absolute Gasteiger partial charge is 0.335 e. The zero-order valence-electron chi connectivity index (χ0n) is 15.8. The average Bonchev–Trinajstić information content (AvgIpc) is 2.69. The number of nitrogens with one attached hydrogen (secondary N) is 1. The van der Waals surface area contributed by atoms with Gasteiger partial charge in [-0.05, 0) is 42.8 Å². The summed E-state index contributed by atoms with van der Waals surface area (Å²) in [4.78, 5) is 10.7. The molecule has 0 saturated carbocycles. The summed E-state index contributed by atoms with van der Waals surface area (Å²) in [6, 6.07) is 7.42. The van der Waals surface area contributed by atoms with Crippen LogP contribution in [0.25, 0.3) is 0 Å². The number of aryl methyl sites for hydroxylation is 1. The Balaban J connectivity index is 1.97. The van der Waals surface area contributed by atoms with Crippen molar-refractivity contribution >= 4 is 43.3 Å². The Bertz CT molecular complexity index is 1190. The number of carbonyl (C=O) groups is 1. The summed E-state index contributed by atoms with van der Waals surface area (Å²) in [6.07, 6.45) is 0. The molecule has 1 heterocycles. The van der Waals surface area contributed by atoms with Crippen molar-refractivity contribution in [3.63, 3.8) is 0 Å². The summed E-state index contributed by atoms with van der Waals surface area (Å²) in [5.74, 6) is -1.31. The Morgan fingerprint density at radius 2 is 1.73 bits per heavy atom. The van der Waals surface area contributed by atoms with E-state index in [-0.39, 0.29) is 47.5 Å². The van der Waals surface area contributed by atoms with Crippen molar-refractivity contribution < 1.29 is 31.5 Å². The van der Waals surface area contributed by atoms with E-state index in [1.807, 2.05) is 0 Å². The Labute approximate surface area is 179 Å². The molecule has 0 bridgehead atoms. The number of morpholine rings is 1. The summed E-state index contributed by atoms with van der Waals surface area (Å²) < 4.78 is 60.3. The van der Waals surface area contributed by atoms with Crippen LogP contribution in [0.5, 0.6) is 0 Å². The van der Waals surface area contributed by atoms with Crippen molar-refractivity contribution in [2.75, 3.05) is 31.0 Å². The van der Waals surface area contributed by atoms with Gasteiger partial charge < -0.3 is 9.84 Å². The number of hydrogen-bond donors (Lipinski definition) is 2. The number of carboxylic acid groups (broad SMARTS) is 1. The fourth-order valence-corrected chi connectivity index (χ4v) is 6.16. The lowest BCUT2D eigenvalue weighted by atomic mass is 10.2. The second kappa shape index (κ2) is 8.52. The number of benzene rings is 2. The van der Waals surface area contributed by atoms with Crippen molar-refractivity contribution in [2.45, 2.75) is 16.7 Å². The lowest BCUT2D eigenvalue weighted by Crippen LogP contribution is -2.40. The largest absolute Gasteiger partial charge is 0.478 e. The topological polar surface area (TPSA) is 130 Å². The minimum absolute atomic E-state index is 0.00392. The normalized spacial score (nSPS) is 15.7. The van der Waals surface area contributed by atoms with Crippen LogP contribution in [-0.2, 0) is 24.8 Å². The van der Waals surface area contributed by atoms with Gasteiger partial charge in [-0.25, -0.2) is 21.6 Å². The Hall–Kier alpha value is -2.18. The molecule has 0 radical (unpaired) electrons. The highest BCUT2D eigenvalue weighted by Crippen LogP contribution is 2.28. The van der Waals surface area contributed by atoms with Crippen molar-refractivity contribution in [3.05, 3.63) is 52.5 Å². The molecule has 162 valence electrons. The minimum atomic E-state index is -4.27. The Morgan fingerprint density at radius 1 is 1.07 bits per heavy atom. The second-order valence-corrected chi connectivity index (χ2v) is 10.5. The fraction of sp³-hybridized carbons (Fsp3) is 0.278. The molecule has 3 rings (SSSR count). The van der Waals surface area contributed by atoms with Gasteiger partial charge in [0.05, 0.1) is 34.4 Å². The Morgan fingerprint density at radius 3 is 2.37 bits per heavy atom. The van der Waals surface area contributed by atoms with Gasteiger partial charge in [-0.3, -0.25) is 4.72 Å². The molecule has 9 nitrogen and oxygen atoms in total. The first-order valence-corrected chi connectivity index (χ1v) is 12.1. The van der Waals surface area contributed by atoms with E-state index in [1.165, 1.54) is 34.6 Å². The maximum atomic E-state index is 13.0. The third kappa shape index (κ3) is 4.60. The van der Waals surface area contributed by atoms with Gasteiger partial charge in [-0.1, -0.05) is 17.7 Å². The molecular formula is C18H19ClN2O7S2. The molecule has 1 aliphatic heterocycles. The fourth-order valence-electron chi connectivity index (χ4n) is 2.92. The SMILES string of the molecule is Cc1ccc(NS(=O)(=O)c2cc(C(=O)O)ccc2Cl)cc1S(=O)(=O)N1CCOCC1. The van der Waals surface area contributed by atoms with Crippen LogP contribution in [0, 0.1) is 6.92 Å². The Kier molecular flexibility index (Phi) is 6.39. The molecule has 0 aliphatic carbocycles. The number of aromatic carboxylic acids is 1. The van der Waals surface area contributed by atoms with Gasteiger partial charge in [0.15, 0.2) is 0 Å². The van der Waals surface area contributed by atoms with Gasteiger partial charge in [-0.2, -0.15) is 4.31 Å². The second-order valence-electron chi connectivity index (χ2n) is 6.55. The summed E-state index contributed by atoms with van der Waals surface area (Å²) >= 11 is 5.96. The molecule has 0 atom stereocenters. The molecule has 2 aromatic carbocycles. The molecule has 1 saturated heterocycles. The molecular weight excluding hydrogens is 456 g/mol. The van der Waals surface area contributed by atoms with Crippen LogP contribution >= 0.6 is 11.6 Å². The van der Waals surface area contributed by atoms with E-state index in [0.717, 1.165) is 6.07 Å². The molecule has 0 amide bonds. The third-order valence-corrected chi connectivity index (χ3v) is 8.40. The van der Waals surface area contributed by atoms with Crippen molar-refractivity contribution in [1.82, 2.24) is 4.31 Å². The summed E-state index contributed by atoms with van der Waals surface area (Å²) in [7, 11) is -8.12. The minimum Gasteiger partial charge on any atom is -0.478 e. The lowest BCUT2D eigenvalue weighted by molar-refractivity contribution is 0.0696. The highest BCUT2D eigenvalue weighted by molar-refractivity contribution is 7.93. The predicted octanol–water partition coefficient (Wildman–Crippen LogP) is 2.17. The first-order valence-electron chi connectivity index (χ1n) is 8.76. The number of carboxylic acids is 1. The van der Waals surface area contributed by atoms with Crippen molar-refractivity contribution in [1.29, 1.82) is 0 Å². The summed E-state index contributed by atoms with van der Waals surface area (Å²) in [6.45, 7) is 2.58. The number of sulfonamides is 2. The summed E-state index contributed by atoms with van der Waals surface area (Å²) in [5, 5.41) is 8.93. The number of ether oxygens (including phenoxy) is 1. The molecule has 0 aromatic heterocycles. The number of anilines is 1. The van der Waals surface area contributed by atoms with Gasteiger partial charge in [-0.15, -0.1) is 0 Å². The number of halogens is 1. The van der Waals surface area contributed by atoms with Crippen LogP contribution < -0.4 is 4.72 Å². The van der Waals surface area contributed by atoms with Gasteiger partial charge in [0, 0.05) is 13.1 Å². The monoisotopic (exact) mass is 474 g/mol. The molecule has 30 heavy (non-hydrogen) atoms. The maximum absolute atomic E-state index is 13.0. The van der Waals surface area contributed by atoms with Crippen molar-refractivity contribution in [2.24, 2.45) is 0 Å². The highest BCUT2D eigenvalue weighted by atomic mass is 35.5. The van der Waals surface area contributed by atoms with E-state index in [2.05, 4.69) is 4.72 Å². The standard InChI is InChI=1S/C18H19ClN2O7S2/c1-12-2-4-14(11-16(12)30(26,27)21-6-8-28-9-7-21)20-29(24,25)17-10-13(18(22)23)3-5-15(17)19/h2-5,10-11,20H,6-9H2,1H3,(H,22,23). The summed E-state index contributed by atoms with van der Waals surface area (Å²) in [5.41, 5.74) is 0.207. The molecule has 0 spiro atoms.